The summed E-state index contributed by atoms with van der Waals surface area (Å²) in [7, 11) is 0. The van der Waals surface area contributed by atoms with Gasteiger partial charge in [0.15, 0.2) is 0 Å². The van der Waals surface area contributed by atoms with Crippen LogP contribution in [0.1, 0.15) is 32.4 Å². The first-order chi connectivity index (χ1) is 8.19. The number of thioether (sulfide) groups is 1. The lowest BCUT2D eigenvalue weighted by Crippen LogP contribution is -2.27. The molecule has 0 aromatic heterocycles. The van der Waals surface area contributed by atoms with Crippen LogP contribution in [0.25, 0.3) is 0 Å². The number of hydrogen-bond acceptors (Lipinski definition) is 3. The van der Waals surface area contributed by atoms with Gasteiger partial charge in [-0.25, -0.2) is 0 Å². The Bertz CT molecular complexity index is 328. The molecule has 17 heavy (non-hydrogen) atoms. The average molecular weight is 253 g/mol. The summed E-state index contributed by atoms with van der Waals surface area (Å²) >= 11 is 1.79. The maximum Gasteiger partial charge on any atom is 0.0665 e. The number of nitrogens with one attached hydrogen (secondary N) is 1. The number of benzene rings is 1. The maximum atomic E-state index is 5.74. The molecule has 1 unspecified atom stereocenters. The maximum absolute atomic E-state index is 5.74. The van der Waals surface area contributed by atoms with Gasteiger partial charge in [-0.15, -0.1) is 11.8 Å². The summed E-state index contributed by atoms with van der Waals surface area (Å²) in [5, 5.41) is 3.49. The van der Waals surface area contributed by atoms with Crippen LogP contribution in [0.5, 0.6) is 0 Å². The third-order valence-electron chi connectivity index (χ3n) is 2.56. The van der Waals surface area contributed by atoms with E-state index in [2.05, 4.69) is 56.6 Å². The molecule has 1 aromatic carbocycles. The predicted octanol–water partition coefficient (Wildman–Crippen LogP) is 3.48. The molecule has 0 bridgehead atoms. The fourth-order valence-electron chi connectivity index (χ4n) is 1.75. The van der Waals surface area contributed by atoms with Crippen LogP contribution in [-0.4, -0.2) is 25.5 Å². The summed E-state index contributed by atoms with van der Waals surface area (Å²) in [6, 6.07) is 8.81. The van der Waals surface area contributed by atoms with Crippen LogP contribution in [0.2, 0.25) is 0 Å². The van der Waals surface area contributed by atoms with Crippen molar-refractivity contribution in [2.75, 3.05) is 19.4 Å². The minimum Gasteiger partial charge on any atom is -0.377 e. The zero-order valence-electron chi connectivity index (χ0n) is 11.2. The smallest absolute Gasteiger partial charge is 0.0665 e. The second kappa shape index (κ2) is 7.75. The molecule has 0 aliphatic heterocycles. The molecule has 1 aromatic rings. The lowest BCUT2D eigenvalue weighted by Gasteiger charge is -2.22. The molecular formula is C14H23NOS. The van der Waals surface area contributed by atoms with Crippen molar-refractivity contribution in [2.45, 2.75) is 37.8 Å². The highest BCUT2D eigenvalue weighted by atomic mass is 32.2. The van der Waals surface area contributed by atoms with Crippen LogP contribution in [0.15, 0.2) is 29.2 Å². The Morgan fingerprint density at radius 1 is 1.29 bits per heavy atom. The van der Waals surface area contributed by atoms with Gasteiger partial charge < -0.3 is 10.1 Å². The first kappa shape index (κ1) is 14.6. The molecule has 0 aliphatic rings. The van der Waals surface area contributed by atoms with E-state index in [1.807, 2.05) is 0 Å². The molecule has 3 heteroatoms. The van der Waals surface area contributed by atoms with E-state index in [9.17, 15) is 0 Å². The van der Waals surface area contributed by atoms with Gasteiger partial charge in [-0.2, -0.15) is 0 Å². The Morgan fingerprint density at radius 3 is 2.59 bits per heavy atom. The molecule has 0 spiro atoms. The molecule has 1 rings (SSSR count). The first-order valence-electron chi connectivity index (χ1n) is 6.17. The molecule has 0 aliphatic carbocycles. The van der Waals surface area contributed by atoms with Crippen LogP contribution < -0.4 is 5.32 Å². The van der Waals surface area contributed by atoms with Gasteiger partial charge in [0.2, 0.25) is 0 Å². The number of rotatable bonds is 7. The average Bonchev–Trinajstić information content (AvgIpc) is 2.34. The van der Waals surface area contributed by atoms with Crippen molar-refractivity contribution in [3.8, 4) is 0 Å². The Hall–Kier alpha value is -0.510. The van der Waals surface area contributed by atoms with Gasteiger partial charge in [0.05, 0.1) is 18.8 Å². The zero-order valence-corrected chi connectivity index (χ0v) is 12.0. The lowest BCUT2D eigenvalue weighted by atomic mass is 10.1. The van der Waals surface area contributed by atoms with E-state index in [1.54, 1.807) is 11.8 Å². The summed E-state index contributed by atoms with van der Waals surface area (Å²) in [5.41, 5.74) is 1.34. The summed E-state index contributed by atoms with van der Waals surface area (Å²) in [6.07, 6.45) is 2.39. The van der Waals surface area contributed by atoms with Gasteiger partial charge in [-0.05, 0) is 38.3 Å². The van der Waals surface area contributed by atoms with Crippen molar-refractivity contribution < 1.29 is 4.74 Å². The molecule has 0 saturated heterocycles. The highest BCUT2D eigenvalue weighted by Gasteiger charge is 2.14. The SMILES string of the molecule is CCNC(COC(C)C)c1ccccc1SC. The third-order valence-corrected chi connectivity index (χ3v) is 3.37. The molecule has 0 heterocycles. The monoisotopic (exact) mass is 253 g/mol. The van der Waals surface area contributed by atoms with E-state index in [0.29, 0.717) is 0 Å². The summed E-state index contributed by atoms with van der Waals surface area (Å²) in [4.78, 5) is 1.32. The summed E-state index contributed by atoms with van der Waals surface area (Å²) in [5.74, 6) is 0. The van der Waals surface area contributed by atoms with Gasteiger partial charge in [-0.3, -0.25) is 0 Å². The molecule has 1 atom stereocenters. The lowest BCUT2D eigenvalue weighted by molar-refractivity contribution is 0.0609. The minimum absolute atomic E-state index is 0.276. The van der Waals surface area contributed by atoms with Crippen molar-refractivity contribution in [1.82, 2.24) is 5.32 Å². The number of hydrogen-bond donors (Lipinski definition) is 1. The Morgan fingerprint density at radius 2 is 2.00 bits per heavy atom. The molecule has 96 valence electrons. The van der Waals surface area contributed by atoms with Crippen LogP contribution in [-0.2, 0) is 4.74 Å². The van der Waals surface area contributed by atoms with Gasteiger partial charge in [0, 0.05) is 4.90 Å². The van der Waals surface area contributed by atoms with E-state index in [-0.39, 0.29) is 12.1 Å². The second-order valence-electron chi connectivity index (χ2n) is 4.23. The molecule has 1 N–H and O–H groups in total. The van der Waals surface area contributed by atoms with Crippen LogP contribution in [0, 0.1) is 0 Å². The van der Waals surface area contributed by atoms with Crippen molar-refractivity contribution in [2.24, 2.45) is 0 Å². The Balaban J connectivity index is 2.80. The van der Waals surface area contributed by atoms with Gasteiger partial charge in [-0.1, -0.05) is 25.1 Å². The van der Waals surface area contributed by atoms with Crippen LogP contribution in [0.4, 0.5) is 0 Å². The fraction of sp³-hybridized carbons (Fsp3) is 0.571. The topological polar surface area (TPSA) is 21.3 Å². The Kier molecular flexibility index (Phi) is 6.63. The van der Waals surface area contributed by atoms with Crippen molar-refractivity contribution in [3.63, 3.8) is 0 Å². The fourth-order valence-corrected chi connectivity index (χ4v) is 2.41. The van der Waals surface area contributed by atoms with Crippen molar-refractivity contribution in [1.29, 1.82) is 0 Å². The van der Waals surface area contributed by atoms with E-state index in [0.717, 1.165) is 13.2 Å². The van der Waals surface area contributed by atoms with Gasteiger partial charge >= 0.3 is 0 Å². The normalized spacial score (nSPS) is 13.0. The van der Waals surface area contributed by atoms with E-state index >= 15 is 0 Å². The molecule has 0 saturated carbocycles. The van der Waals surface area contributed by atoms with Crippen molar-refractivity contribution >= 4 is 11.8 Å². The quantitative estimate of drug-likeness (QED) is 0.752. The summed E-state index contributed by atoms with van der Waals surface area (Å²) < 4.78 is 5.74. The van der Waals surface area contributed by atoms with Crippen LogP contribution >= 0.6 is 11.8 Å². The number of ether oxygens (including phenoxy) is 1. The Labute approximate surface area is 109 Å². The second-order valence-corrected chi connectivity index (χ2v) is 5.08. The van der Waals surface area contributed by atoms with E-state index in [4.69, 9.17) is 4.74 Å². The largest absolute Gasteiger partial charge is 0.377 e. The van der Waals surface area contributed by atoms with E-state index < -0.39 is 0 Å². The highest BCUT2D eigenvalue weighted by molar-refractivity contribution is 7.98. The van der Waals surface area contributed by atoms with E-state index in [1.165, 1.54) is 10.5 Å². The molecular weight excluding hydrogens is 230 g/mol. The van der Waals surface area contributed by atoms with Crippen LogP contribution in [0.3, 0.4) is 0 Å². The third kappa shape index (κ3) is 4.70. The highest BCUT2D eigenvalue weighted by Crippen LogP contribution is 2.26. The zero-order chi connectivity index (χ0) is 12.7. The number of likely N-dealkylation sites (N-methyl/N-ethyl adjacent to an activating group) is 1. The molecule has 0 fully saturated rings. The minimum atomic E-state index is 0.276. The molecule has 0 radical (unpaired) electrons. The standard InChI is InChI=1S/C14H23NOS/c1-5-15-13(10-16-11(2)3)12-8-6-7-9-14(12)17-4/h6-9,11,13,15H,5,10H2,1-4H3. The predicted molar refractivity (Wildman–Crippen MR) is 75.7 cm³/mol. The molecule has 0 amide bonds. The molecule has 2 nitrogen and oxygen atoms in total. The van der Waals surface area contributed by atoms with Crippen molar-refractivity contribution in [3.05, 3.63) is 29.8 Å². The summed E-state index contributed by atoms with van der Waals surface area (Å²) in [6.45, 7) is 7.95. The first-order valence-corrected chi connectivity index (χ1v) is 7.39. The van der Waals surface area contributed by atoms with Gasteiger partial charge in [0.1, 0.15) is 0 Å². The van der Waals surface area contributed by atoms with Gasteiger partial charge in [0.25, 0.3) is 0 Å².